The SMILES string of the molecule is CC(=O)NC(Cc1cc(F)cc(F)c1)C(O)CNC1CCOc2ccc(C)cc21. The summed E-state index contributed by atoms with van der Waals surface area (Å²) >= 11 is 0. The lowest BCUT2D eigenvalue weighted by molar-refractivity contribution is -0.120. The van der Waals surface area contributed by atoms with Crippen molar-refractivity contribution in [1.82, 2.24) is 10.6 Å². The van der Waals surface area contributed by atoms with Crippen LogP contribution in [0.15, 0.2) is 36.4 Å². The first kappa shape index (κ1) is 21.2. The van der Waals surface area contributed by atoms with Crippen LogP contribution in [0.25, 0.3) is 0 Å². The molecule has 2 aromatic rings. The van der Waals surface area contributed by atoms with Gasteiger partial charge in [-0.25, -0.2) is 8.78 Å². The van der Waals surface area contributed by atoms with Crippen molar-refractivity contribution in [2.24, 2.45) is 0 Å². The molecular formula is C22H26F2N2O3. The number of aliphatic hydroxyl groups is 1. The number of hydrogen-bond acceptors (Lipinski definition) is 4. The second-order valence-corrected chi connectivity index (χ2v) is 7.50. The number of carbonyl (C=O) groups excluding carboxylic acids is 1. The van der Waals surface area contributed by atoms with Crippen LogP contribution in [0.3, 0.4) is 0 Å². The van der Waals surface area contributed by atoms with E-state index in [-0.39, 0.29) is 24.9 Å². The van der Waals surface area contributed by atoms with Crippen LogP contribution in [0.4, 0.5) is 8.78 Å². The number of carbonyl (C=O) groups is 1. The van der Waals surface area contributed by atoms with Gasteiger partial charge in [0.05, 0.1) is 18.8 Å². The Morgan fingerprint density at radius 1 is 1.24 bits per heavy atom. The molecule has 1 heterocycles. The van der Waals surface area contributed by atoms with E-state index in [1.54, 1.807) is 0 Å². The number of hydrogen-bond donors (Lipinski definition) is 3. The fraction of sp³-hybridized carbons (Fsp3) is 0.409. The molecule has 0 fully saturated rings. The van der Waals surface area contributed by atoms with Crippen molar-refractivity contribution in [2.75, 3.05) is 13.2 Å². The number of ether oxygens (including phenoxy) is 1. The summed E-state index contributed by atoms with van der Waals surface area (Å²) < 4.78 is 32.7. The quantitative estimate of drug-likeness (QED) is 0.664. The molecule has 0 saturated heterocycles. The summed E-state index contributed by atoms with van der Waals surface area (Å²) in [6.07, 6.45) is -0.0785. The lowest BCUT2D eigenvalue weighted by atomic mass is 9.97. The maximum atomic E-state index is 13.5. The normalized spacial score (nSPS) is 17.8. The summed E-state index contributed by atoms with van der Waals surface area (Å²) in [5.74, 6) is -0.882. The molecule has 5 nitrogen and oxygen atoms in total. The molecule has 0 saturated carbocycles. The molecule has 1 aliphatic heterocycles. The minimum atomic E-state index is -0.943. The average molecular weight is 404 g/mol. The van der Waals surface area contributed by atoms with Crippen molar-refractivity contribution in [3.63, 3.8) is 0 Å². The summed E-state index contributed by atoms with van der Waals surface area (Å²) in [6, 6.07) is 8.51. The minimum absolute atomic E-state index is 0.0119. The van der Waals surface area contributed by atoms with E-state index in [4.69, 9.17) is 4.74 Å². The molecule has 3 N–H and O–H groups in total. The second kappa shape index (κ2) is 9.33. The van der Waals surface area contributed by atoms with Gasteiger partial charge in [-0.15, -0.1) is 0 Å². The van der Waals surface area contributed by atoms with Crippen molar-refractivity contribution in [2.45, 2.75) is 44.9 Å². The Kier molecular flexibility index (Phi) is 6.82. The Hall–Kier alpha value is -2.51. The van der Waals surface area contributed by atoms with Gasteiger partial charge in [-0.3, -0.25) is 4.79 Å². The molecule has 3 rings (SSSR count). The van der Waals surface area contributed by atoms with Crippen LogP contribution in [0.2, 0.25) is 0 Å². The molecule has 3 unspecified atom stereocenters. The standard InChI is InChI=1S/C22H26F2N2O3/c1-13-3-4-22-18(7-13)19(5-6-29-22)25-12-21(28)20(26-14(2)27)10-15-8-16(23)11-17(24)9-15/h3-4,7-9,11,19-21,25,28H,5-6,10,12H2,1-2H3,(H,26,27). The first-order chi connectivity index (χ1) is 13.8. The zero-order valence-electron chi connectivity index (χ0n) is 16.5. The van der Waals surface area contributed by atoms with Crippen LogP contribution in [0, 0.1) is 18.6 Å². The van der Waals surface area contributed by atoms with Crippen molar-refractivity contribution < 1.29 is 23.4 Å². The van der Waals surface area contributed by atoms with Crippen LogP contribution < -0.4 is 15.4 Å². The number of aryl methyl sites for hydroxylation is 1. The smallest absolute Gasteiger partial charge is 0.217 e. The van der Waals surface area contributed by atoms with Gasteiger partial charge in [0.2, 0.25) is 5.91 Å². The van der Waals surface area contributed by atoms with E-state index in [1.807, 2.05) is 19.1 Å². The zero-order chi connectivity index (χ0) is 21.0. The molecule has 156 valence electrons. The van der Waals surface area contributed by atoms with Gasteiger partial charge in [0.1, 0.15) is 17.4 Å². The maximum Gasteiger partial charge on any atom is 0.217 e. The maximum absolute atomic E-state index is 13.5. The second-order valence-electron chi connectivity index (χ2n) is 7.50. The average Bonchev–Trinajstić information content (AvgIpc) is 2.64. The third-order valence-electron chi connectivity index (χ3n) is 5.01. The van der Waals surface area contributed by atoms with Crippen molar-refractivity contribution in [3.8, 4) is 5.75 Å². The van der Waals surface area contributed by atoms with E-state index in [0.717, 1.165) is 29.4 Å². The number of nitrogens with one attached hydrogen (secondary N) is 2. The van der Waals surface area contributed by atoms with Crippen LogP contribution in [-0.4, -0.2) is 36.3 Å². The summed E-state index contributed by atoms with van der Waals surface area (Å²) in [5.41, 5.74) is 2.52. The molecule has 7 heteroatoms. The minimum Gasteiger partial charge on any atom is -0.493 e. The van der Waals surface area contributed by atoms with Crippen LogP contribution in [0.5, 0.6) is 5.75 Å². The third-order valence-corrected chi connectivity index (χ3v) is 5.01. The fourth-order valence-electron chi connectivity index (χ4n) is 3.66. The Bertz CT molecular complexity index is 855. The zero-order valence-corrected chi connectivity index (χ0v) is 16.5. The summed E-state index contributed by atoms with van der Waals surface area (Å²) in [5, 5.41) is 16.7. The van der Waals surface area contributed by atoms with Gasteiger partial charge in [-0.05, 0) is 37.1 Å². The Labute approximate surface area is 169 Å². The van der Waals surface area contributed by atoms with Crippen LogP contribution in [0.1, 0.15) is 36.1 Å². The van der Waals surface area contributed by atoms with Crippen LogP contribution in [-0.2, 0) is 11.2 Å². The Balaban J connectivity index is 1.68. The number of fused-ring (bicyclic) bond motifs is 1. The molecule has 0 aliphatic carbocycles. The van der Waals surface area contributed by atoms with Crippen molar-refractivity contribution in [1.29, 1.82) is 0 Å². The number of benzene rings is 2. The predicted octanol–water partition coefficient (Wildman–Crippen LogP) is 2.79. The van der Waals surface area contributed by atoms with E-state index in [0.29, 0.717) is 12.2 Å². The first-order valence-corrected chi connectivity index (χ1v) is 9.68. The molecule has 1 amide bonds. The number of rotatable bonds is 7. The first-order valence-electron chi connectivity index (χ1n) is 9.68. The van der Waals surface area contributed by atoms with Gasteiger partial charge >= 0.3 is 0 Å². The molecule has 0 spiro atoms. The lowest BCUT2D eigenvalue weighted by Gasteiger charge is -2.30. The predicted molar refractivity (Wildman–Crippen MR) is 106 cm³/mol. The number of amides is 1. The van der Waals surface area contributed by atoms with Gasteiger partial charge in [-0.1, -0.05) is 17.7 Å². The molecule has 0 bridgehead atoms. The molecule has 29 heavy (non-hydrogen) atoms. The molecule has 2 aromatic carbocycles. The van der Waals surface area contributed by atoms with Gasteiger partial charge in [0, 0.05) is 37.6 Å². The molecule has 3 atom stereocenters. The van der Waals surface area contributed by atoms with Crippen molar-refractivity contribution in [3.05, 3.63) is 64.7 Å². The van der Waals surface area contributed by atoms with E-state index in [9.17, 15) is 18.7 Å². The topological polar surface area (TPSA) is 70.6 Å². The highest BCUT2D eigenvalue weighted by molar-refractivity contribution is 5.73. The van der Waals surface area contributed by atoms with Crippen LogP contribution >= 0.6 is 0 Å². The largest absolute Gasteiger partial charge is 0.493 e. The highest BCUT2D eigenvalue weighted by atomic mass is 19.1. The Morgan fingerprint density at radius 3 is 2.66 bits per heavy atom. The fourth-order valence-corrected chi connectivity index (χ4v) is 3.66. The molecule has 0 aromatic heterocycles. The van der Waals surface area contributed by atoms with Crippen molar-refractivity contribution >= 4 is 5.91 Å². The van der Waals surface area contributed by atoms with Gasteiger partial charge in [-0.2, -0.15) is 0 Å². The monoisotopic (exact) mass is 404 g/mol. The highest BCUT2D eigenvalue weighted by Crippen LogP contribution is 2.32. The lowest BCUT2D eigenvalue weighted by Crippen LogP contribution is -2.48. The molecular weight excluding hydrogens is 378 g/mol. The van der Waals surface area contributed by atoms with E-state index in [2.05, 4.69) is 16.7 Å². The van der Waals surface area contributed by atoms with Gasteiger partial charge in [0.15, 0.2) is 0 Å². The van der Waals surface area contributed by atoms with Gasteiger partial charge < -0.3 is 20.5 Å². The number of halogens is 2. The van der Waals surface area contributed by atoms with Gasteiger partial charge in [0.25, 0.3) is 0 Å². The van der Waals surface area contributed by atoms with E-state index in [1.165, 1.54) is 19.1 Å². The Morgan fingerprint density at radius 2 is 1.97 bits per heavy atom. The summed E-state index contributed by atoms with van der Waals surface area (Å²) in [7, 11) is 0. The van der Waals surface area contributed by atoms with E-state index < -0.39 is 23.8 Å². The summed E-state index contributed by atoms with van der Waals surface area (Å²) in [4.78, 5) is 11.6. The van der Waals surface area contributed by atoms with E-state index >= 15 is 0 Å². The highest BCUT2D eigenvalue weighted by Gasteiger charge is 2.25. The molecule has 1 aliphatic rings. The molecule has 0 radical (unpaired) electrons. The summed E-state index contributed by atoms with van der Waals surface area (Å²) in [6.45, 7) is 4.13. The number of aliphatic hydroxyl groups excluding tert-OH is 1. The third kappa shape index (κ3) is 5.74.